The summed E-state index contributed by atoms with van der Waals surface area (Å²) in [7, 11) is 0. The zero-order chi connectivity index (χ0) is 22.2. The summed E-state index contributed by atoms with van der Waals surface area (Å²) in [5.41, 5.74) is 0.264. The zero-order valence-electron chi connectivity index (χ0n) is 18.5. The van der Waals surface area contributed by atoms with Gasteiger partial charge >= 0.3 is 5.97 Å². The van der Waals surface area contributed by atoms with Crippen LogP contribution in [0.4, 0.5) is 8.78 Å². The van der Waals surface area contributed by atoms with Gasteiger partial charge < -0.3 is 9.47 Å². The Balaban J connectivity index is 1.61. The van der Waals surface area contributed by atoms with Crippen LogP contribution in [-0.2, 0) is 4.79 Å². The Morgan fingerprint density at radius 1 is 0.903 bits per heavy atom. The van der Waals surface area contributed by atoms with E-state index >= 15 is 0 Å². The molecule has 0 saturated heterocycles. The molecule has 0 radical (unpaired) electrons. The number of carbonyl (C=O) groups is 1. The minimum absolute atomic E-state index is 0.121. The normalized spacial score (nSPS) is 18.6. The van der Waals surface area contributed by atoms with Crippen LogP contribution in [0.15, 0.2) is 36.4 Å². The zero-order valence-corrected chi connectivity index (χ0v) is 18.5. The molecule has 2 aromatic carbocycles. The predicted molar refractivity (Wildman–Crippen MR) is 118 cm³/mol. The number of ether oxygens (including phenoxy) is 2. The maximum absolute atomic E-state index is 14.7. The molecule has 0 N–H and O–H groups in total. The van der Waals surface area contributed by atoms with Gasteiger partial charge in [0.15, 0.2) is 0 Å². The molecule has 31 heavy (non-hydrogen) atoms. The van der Waals surface area contributed by atoms with Crippen LogP contribution in [-0.4, -0.2) is 12.6 Å². The number of unbranched alkanes of at least 4 members (excludes halogenated alkanes) is 1. The Kier molecular flexibility index (Phi) is 8.44. The Morgan fingerprint density at radius 3 is 2.10 bits per heavy atom. The third-order valence-electron chi connectivity index (χ3n) is 6.01. The SMILES string of the molecule is CCCCC1CCC(C(=O)Oc2ccc(-c3ccc(OCCC)cc3F)c(F)c2)CC1. The van der Waals surface area contributed by atoms with Gasteiger partial charge in [-0.2, -0.15) is 0 Å². The summed E-state index contributed by atoms with van der Waals surface area (Å²) in [6, 6.07) is 8.50. The van der Waals surface area contributed by atoms with Crippen molar-refractivity contribution in [3.63, 3.8) is 0 Å². The molecule has 1 saturated carbocycles. The maximum Gasteiger partial charge on any atom is 0.314 e. The third kappa shape index (κ3) is 6.28. The number of esters is 1. The molecule has 0 unspecified atom stereocenters. The van der Waals surface area contributed by atoms with E-state index in [4.69, 9.17) is 9.47 Å². The number of carbonyl (C=O) groups excluding carboxylic acids is 1. The molecule has 0 atom stereocenters. The first-order chi connectivity index (χ1) is 15.0. The van der Waals surface area contributed by atoms with Crippen LogP contribution in [0.3, 0.4) is 0 Å². The van der Waals surface area contributed by atoms with Crippen molar-refractivity contribution in [1.29, 1.82) is 0 Å². The van der Waals surface area contributed by atoms with E-state index in [1.807, 2.05) is 6.92 Å². The summed E-state index contributed by atoms with van der Waals surface area (Å²) in [6.45, 7) is 4.65. The first kappa shape index (κ1) is 23.2. The monoisotopic (exact) mass is 430 g/mol. The van der Waals surface area contributed by atoms with Crippen molar-refractivity contribution in [3.8, 4) is 22.6 Å². The number of hydrogen-bond acceptors (Lipinski definition) is 3. The lowest BCUT2D eigenvalue weighted by atomic mass is 9.80. The molecule has 3 rings (SSSR count). The van der Waals surface area contributed by atoms with Gasteiger partial charge in [-0.3, -0.25) is 4.79 Å². The predicted octanol–water partition coefficient (Wildman–Crippen LogP) is 7.32. The van der Waals surface area contributed by atoms with E-state index in [0.717, 1.165) is 38.2 Å². The maximum atomic E-state index is 14.7. The minimum atomic E-state index is -0.630. The summed E-state index contributed by atoms with van der Waals surface area (Å²) in [6.07, 6.45) is 8.22. The molecule has 0 heterocycles. The lowest BCUT2D eigenvalue weighted by Gasteiger charge is -2.27. The van der Waals surface area contributed by atoms with Crippen LogP contribution in [0, 0.1) is 23.5 Å². The third-order valence-corrected chi connectivity index (χ3v) is 6.01. The standard InChI is InChI=1S/C26H32F2O3/c1-3-5-6-18-7-9-19(10-8-18)26(29)31-21-12-14-23(25(28)17-21)22-13-11-20(16-24(22)27)30-15-4-2/h11-14,16-19H,3-10,15H2,1-2H3. The topological polar surface area (TPSA) is 35.5 Å². The lowest BCUT2D eigenvalue weighted by molar-refractivity contribution is -0.140. The Labute approximate surface area is 183 Å². The van der Waals surface area contributed by atoms with Gasteiger partial charge in [0.05, 0.1) is 12.5 Å². The van der Waals surface area contributed by atoms with E-state index < -0.39 is 11.6 Å². The van der Waals surface area contributed by atoms with Crippen molar-refractivity contribution in [2.24, 2.45) is 11.8 Å². The molecule has 0 bridgehead atoms. The first-order valence-corrected chi connectivity index (χ1v) is 11.5. The second-order valence-corrected chi connectivity index (χ2v) is 8.41. The molecule has 168 valence electrons. The molecule has 5 heteroatoms. The van der Waals surface area contributed by atoms with Crippen LogP contribution in [0.1, 0.15) is 65.2 Å². The molecule has 3 nitrogen and oxygen atoms in total. The Bertz CT molecular complexity index is 873. The van der Waals surface area contributed by atoms with Crippen molar-refractivity contribution in [3.05, 3.63) is 48.0 Å². The number of rotatable bonds is 9. The van der Waals surface area contributed by atoms with E-state index in [2.05, 4.69) is 6.92 Å². The number of halogens is 2. The second-order valence-electron chi connectivity index (χ2n) is 8.41. The van der Waals surface area contributed by atoms with Crippen LogP contribution in [0.5, 0.6) is 11.5 Å². The van der Waals surface area contributed by atoms with Crippen molar-refractivity contribution in [2.75, 3.05) is 6.61 Å². The molecule has 2 aromatic rings. The van der Waals surface area contributed by atoms with Gasteiger partial charge in [-0.25, -0.2) is 8.78 Å². The largest absolute Gasteiger partial charge is 0.494 e. The summed E-state index contributed by atoms with van der Waals surface area (Å²) in [5.74, 6) is -0.347. The highest BCUT2D eigenvalue weighted by Gasteiger charge is 2.27. The van der Waals surface area contributed by atoms with E-state index in [-0.39, 0.29) is 28.8 Å². The molecule has 1 aliphatic rings. The summed E-state index contributed by atoms with van der Waals surface area (Å²) < 4.78 is 40.0. The van der Waals surface area contributed by atoms with Crippen LogP contribution in [0.25, 0.3) is 11.1 Å². The van der Waals surface area contributed by atoms with Crippen molar-refractivity contribution in [1.82, 2.24) is 0 Å². The van der Waals surface area contributed by atoms with Gasteiger partial charge in [-0.15, -0.1) is 0 Å². The molecule has 0 spiro atoms. The van der Waals surface area contributed by atoms with Crippen molar-refractivity contribution in [2.45, 2.75) is 65.2 Å². The smallest absolute Gasteiger partial charge is 0.314 e. The van der Waals surface area contributed by atoms with Crippen LogP contribution in [0.2, 0.25) is 0 Å². The van der Waals surface area contributed by atoms with E-state index in [1.165, 1.54) is 43.5 Å². The summed E-state index contributed by atoms with van der Waals surface area (Å²) >= 11 is 0. The summed E-state index contributed by atoms with van der Waals surface area (Å²) in [5, 5.41) is 0. The van der Waals surface area contributed by atoms with Gasteiger partial charge in [0.1, 0.15) is 23.1 Å². The van der Waals surface area contributed by atoms with E-state index in [1.54, 1.807) is 6.07 Å². The molecular formula is C26H32F2O3. The molecule has 0 aromatic heterocycles. The van der Waals surface area contributed by atoms with E-state index in [9.17, 15) is 13.6 Å². The minimum Gasteiger partial charge on any atom is -0.494 e. The Hall–Kier alpha value is -2.43. The highest BCUT2D eigenvalue weighted by atomic mass is 19.1. The van der Waals surface area contributed by atoms with Gasteiger partial charge in [-0.05, 0) is 62.3 Å². The molecule has 1 fully saturated rings. The Morgan fingerprint density at radius 2 is 1.52 bits per heavy atom. The average molecular weight is 431 g/mol. The van der Waals surface area contributed by atoms with Gasteiger partial charge in [0.2, 0.25) is 0 Å². The highest BCUT2D eigenvalue weighted by molar-refractivity contribution is 5.75. The first-order valence-electron chi connectivity index (χ1n) is 11.5. The van der Waals surface area contributed by atoms with Crippen molar-refractivity contribution < 1.29 is 23.0 Å². The van der Waals surface area contributed by atoms with Crippen LogP contribution < -0.4 is 9.47 Å². The second kappa shape index (κ2) is 11.3. The van der Waals surface area contributed by atoms with Crippen molar-refractivity contribution >= 4 is 5.97 Å². The fraction of sp³-hybridized carbons (Fsp3) is 0.500. The van der Waals surface area contributed by atoms with Gasteiger partial charge in [0.25, 0.3) is 0 Å². The number of hydrogen-bond donors (Lipinski definition) is 0. The van der Waals surface area contributed by atoms with Gasteiger partial charge in [-0.1, -0.05) is 33.1 Å². The van der Waals surface area contributed by atoms with E-state index in [0.29, 0.717) is 18.3 Å². The average Bonchev–Trinajstić information content (AvgIpc) is 2.77. The molecular weight excluding hydrogens is 398 g/mol. The van der Waals surface area contributed by atoms with Gasteiger partial charge in [0, 0.05) is 23.3 Å². The fourth-order valence-corrected chi connectivity index (χ4v) is 4.18. The lowest BCUT2D eigenvalue weighted by Crippen LogP contribution is -2.25. The summed E-state index contributed by atoms with van der Waals surface area (Å²) in [4.78, 5) is 12.5. The highest BCUT2D eigenvalue weighted by Crippen LogP contribution is 2.34. The van der Waals surface area contributed by atoms with Crippen LogP contribution >= 0.6 is 0 Å². The molecule has 1 aliphatic carbocycles. The number of benzene rings is 2. The molecule has 0 amide bonds. The molecule has 0 aliphatic heterocycles. The quantitative estimate of drug-likeness (QED) is 0.309. The fourth-order valence-electron chi connectivity index (χ4n) is 4.18.